The Hall–Kier alpha value is -2.07. The van der Waals surface area contributed by atoms with E-state index in [2.05, 4.69) is 53.4 Å². The summed E-state index contributed by atoms with van der Waals surface area (Å²) < 4.78 is 0. The smallest absolute Gasteiger partial charge is 0.0751 e. The lowest BCUT2D eigenvalue weighted by atomic mass is 9.87. The third kappa shape index (κ3) is 3.18. The van der Waals surface area contributed by atoms with Crippen molar-refractivity contribution in [3.05, 3.63) is 48.3 Å². The van der Waals surface area contributed by atoms with Crippen molar-refractivity contribution in [3.8, 4) is 0 Å². The van der Waals surface area contributed by atoms with Gasteiger partial charge in [-0.25, -0.2) is 0 Å². The predicted molar refractivity (Wildman–Crippen MR) is 109 cm³/mol. The molecule has 2 saturated heterocycles. The fourth-order valence-corrected chi connectivity index (χ4v) is 4.67. The zero-order valence-electron chi connectivity index (χ0n) is 16.0. The summed E-state index contributed by atoms with van der Waals surface area (Å²) in [6.07, 6.45) is 4.18. The van der Waals surface area contributed by atoms with Gasteiger partial charge >= 0.3 is 0 Å². The Morgan fingerprint density at radius 2 is 2.08 bits per heavy atom. The highest BCUT2D eigenvalue weighted by molar-refractivity contribution is 5.93. The van der Waals surface area contributed by atoms with Crippen LogP contribution in [-0.4, -0.2) is 42.1 Å². The number of anilines is 1. The minimum Gasteiger partial charge on any atom is -0.373 e. The van der Waals surface area contributed by atoms with Crippen LogP contribution in [0.25, 0.3) is 10.9 Å². The van der Waals surface area contributed by atoms with Gasteiger partial charge in [-0.1, -0.05) is 19.6 Å². The van der Waals surface area contributed by atoms with Crippen molar-refractivity contribution < 1.29 is 0 Å². The van der Waals surface area contributed by atoms with E-state index < -0.39 is 0 Å². The van der Waals surface area contributed by atoms with Crippen LogP contribution in [0.15, 0.2) is 42.7 Å². The maximum Gasteiger partial charge on any atom is 0.0751 e. The minimum absolute atomic E-state index is 0.302. The van der Waals surface area contributed by atoms with Gasteiger partial charge in [0.15, 0.2) is 0 Å². The summed E-state index contributed by atoms with van der Waals surface area (Å²) >= 11 is 0. The van der Waals surface area contributed by atoms with E-state index in [4.69, 9.17) is 5.73 Å². The number of aryl methyl sites for hydroxylation is 1. The maximum absolute atomic E-state index is 6.11. The van der Waals surface area contributed by atoms with E-state index in [9.17, 15) is 0 Å². The summed E-state index contributed by atoms with van der Waals surface area (Å²) in [5.74, 6) is 1.15. The van der Waals surface area contributed by atoms with Crippen molar-refractivity contribution in [3.63, 3.8) is 0 Å². The molecule has 1 aromatic heterocycles. The van der Waals surface area contributed by atoms with Crippen molar-refractivity contribution in [1.29, 1.82) is 0 Å². The maximum atomic E-state index is 6.11. The van der Waals surface area contributed by atoms with Gasteiger partial charge in [-0.2, -0.15) is 0 Å². The van der Waals surface area contributed by atoms with Crippen molar-refractivity contribution in [2.24, 2.45) is 17.6 Å². The number of pyridine rings is 1. The lowest BCUT2D eigenvalue weighted by molar-refractivity contribution is 0.295. The Bertz CT molecular complexity index is 815. The largest absolute Gasteiger partial charge is 0.373 e. The Morgan fingerprint density at radius 3 is 2.85 bits per heavy atom. The molecule has 2 aromatic rings. The van der Waals surface area contributed by atoms with Crippen LogP contribution < -0.4 is 10.6 Å². The fourth-order valence-electron chi connectivity index (χ4n) is 4.67. The summed E-state index contributed by atoms with van der Waals surface area (Å²) in [5.41, 5.74) is 11.1. The first-order valence-corrected chi connectivity index (χ1v) is 9.81. The van der Waals surface area contributed by atoms with Crippen molar-refractivity contribution in [2.45, 2.75) is 32.7 Å². The minimum atomic E-state index is 0.302. The van der Waals surface area contributed by atoms with Crippen LogP contribution in [0.4, 0.5) is 5.69 Å². The van der Waals surface area contributed by atoms with E-state index in [0.717, 1.165) is 38.1 Å². The molecule has 0 spiro atoms. The first-order chi connectivity index (χ1) is 12.5. The van der Waals surface area contributed by atoms with Gasteiger partial charge in [0, 0.05) is 61.1 Å². The Morgan fingerprint density at radius 1 is 1.23 bits per heavy atom. The predicted octanol–water partition coefficient (Wildman–Crippen LogP) is 3.55. The van der Waals surface area contributed by atoms with Gasteiger partial charge in [0.25, 0.3) is 0 Å². The molecular formula is C22H30N4. The average molecular weight is 351 g/mol. The number of piperidine rings is 1. The van der Waals surface area contributed by atoms with Crippen molar-refractivity contribution >= 4 is 16.6 Å². The molecule has 0 aliphatic carbocycles. The van der Waals surface area contributed by atoms with E-state index in [-0.39, 0.29) is 0 Å². The fraction of sp³-hybridized carbons (Fsp3) is 0.500. The zero-order valence-corrected chi connectivity index (χ0v) is 16.0. The van der Waals surface area contributed by atoms with Gasteiger partial charge in [-0.3, -0.25) is 4.98 Å². The summed E-state index contributed by atoms with van der Waals surface area (Å²) in [7, 11) is 0. The second-order valence-corrected chi connectivity index (χ2v) is 8.23. The summed E-state index contributed by atoms with van der Waals surface area (Å²) in [4.78, 5) is 9.58. The van der Waals surface area contributed by atoms with E-state index in [1.165, 1.54) is 28.8 Å². The highest BCUT2D eigenvalue weighted by Gasteiger charge is 2.31. The standard InChI is InChI=1S/C22H30N4/c1-15-11-18(17(3)25-10-8-19(23)14-25)13-26(12-15)21-7-6-16(2)22-20(21)5-4-9-24-22/h4-7,9,15,18-19H,3,8,10-14,23H2,1-2H3. The number of aromatic nitrogens is 1. The Balaban J connectivity index is 1.61. The molecule has 0 bridgehead atoms. The SMILES string of the molecule is C=C(C1CC(C)CN(c2ccc(C)c3ncccc23)C1)N1CCC(N)C1. The van der Waals surface area contributed by atoms with Crippen LogP contribution in [0.5, 0.6) is 0 Å². The molecule has 26 heavy (non-hydrogen) atoms. The van der Waals surface area contributed by atoms with Crippen molar-refractivity contribution in [1.82, 2.24) is 9.88 Å². The highest BCUT2D eigenvalue weighted by atomic mass is 15.2. The van der Waals surface area contributed by atoms with Crippen LogP contribution in [0, 0.1) is 18.8 Å². The molecule has 4 heteroatoms. The number of nitrogens with zero attached hydrogens (tertiary/aromatic N) is 3. The van der Waals surface area contributed by atoms with Gasteiger partial charge in [-0.15, -0.1) is 0 Å². The molecule has 2 aliphatic heterocycles. The van der Waals surface area contributed by atoms with Crippen LogP contribution in [0.2, 0.25) is 0 Å². The van der Waals surface area contributed by atoms with Gasteiger partial charge in [0.05, 0.1) is 5.52 Å². The topological polar surface area (TPSA) is 45.4 Å². The number of benzene rings is 1. The molecule has 3 heterocycles. The van der Waals surface area contributed by atoms with Gasteiger partial charge in [-0.05, 0) is 49.4 Å². The first-order valence-electron chi connectivity index (χ1n) is 9.81. The third-order valence-electron chi connectivity index (χ3n) is 6.05. The van der Waals surface area contributed by atoms with E-state index in [1.54, 1.807) is 0 Å². The summed E-state index contributed by atoms with van der Waals surface area (Å²) in [6.45, 7) is 13.1. The monoisotopic (exact) mass is 350 g/mol. The van der Waals surface area contributed by atoms with Crippen LogP contribution >= 0.6 is 0 Å². The molecule has 0 amide bonds. The normalized spacial score (nSPS) is 26.5. The number of fused-ring (bicyclic) bond motifs is 1. The lowest BCUT2D eigenvalue weighted by Crippen LogP contribution is -2.43. The molecule has 138 valence electrons. The third-order valence-corrected chi connectivity index (χ3v) is 6.05. The molecule has 1 aromatic carbocycles. The summed E-state index contributed by atoms with van der Waals surface area (Å²) in [5, 5.41) is 1.26. The van der Waals surface area contributed by atoms with E-state index in [1.807, 2.05) is 12.3 Å². The second-order valence-electron chi connectivity index (χ2n) is 8.23. The Labute approximate surface area is 156 Å². The number of hydrogen-bond acceptors (Lipinski definition) is 4. The van der Waals surface area contributed by atoms with Crippen molar-refractivity contribution in [2.75, 3.05) is 31.1 Å². The number of hydrogen-bond donors (Lipinski definition) is 1. The van der Waals surface area contributed by atoms with E-state index >= 15 is 0 Å². The molecule has 0 saturated carbocycles. The average Bonchev–Trinajstić information content (AvgIpc) is 3.07. The molecule has 4 nitrogen and oxygen atoms in total. The number of rotatable bonds is 3. The van der Waals surface area contributed by atoms with Gasteiger partial charge < -0.3 is 15.5 Å². The molecule has 3 atom stereocenters. The molecule has 3 unspecified atom stereocenters. The number of likely N-dealkylation sites (tertiary alicyclic amines) is 1. The van der Waals surface area contributed by atoms with Crippen LogP contribution in [0.3, 0.4) is 0 Å². The number of nitrogens with two attached hydrogens (primary N) is 1. The first kappa shape index (κ1) is 17.3. The molecular weight excluding hydrogens is 320 g/mol. The zero-order chi connectivity index (χ0) is 18.3. The molecule has 0 radical (unpaired) electrons. The van der Waals surface area contributed by atoms with Crippen LogP contribution in [0.1, 0.15) is 25.3 Å². The molecule has 4 rings (SSSR count). The quantitative estimate of drug-likeness (QED) is 0.919. The lowest BCUT2D eigenvalue weighted by Gasteiger charge is -2.41. The molecule has 2 aliphatic rings. The molecule has 2 fully saturated rings. The summed E-state index contributed by atoms with van der Waals surface area (Å²) in [6, 6.07) is 9.01. The Kier molecular flexibility index (Phi) is 4.62. The second kappa shape index (κ2) is 6.92. The van der Waals surface area contributed by atoms with E-state index in [0.29, 0.717) is 17.9 Å². The molecule has 2 N–H and O–H groups in total. The van der Waals surface area contributed by atoms with Gasteiger partial charge in [0.1, 0.15) is 0 Å². The van der Waals surface area contributed by atoms with Gasteiger partial charge in [0.2, 0.25) is 0 Å². The van der Waals surface area contributed by atoms with Crippen LogP contribution in [-0.2, 0) is 0 Å². The highest BCUT2D eigenvalue weighted by Crippen LogP contribution is 2.35.